The van der Waals surface area contributed by atoms with Gasteiger partial charge in [0, 0.05) is 12.2 Å². The maximum absolute atomic E-state index is 12.4. The zero-order valence-corrected chi connectivity index (χ0v) is 13.9. The van der Waals surface area contributed by atoms with Crippen LogP contribution in [0.15, 0.2) is 18.2 Å². The molecule has 1 saturated heterocycles. The minimum absolute atomic E-state index is 0.128. The first-order chi connectivity index (χ1) is 10.6. The normalized spacial score (nSPS) is 25.5. The van der Waals surface area contributed by atoms with Gasteiger partial charge in [-0.2, -0.15) is 0 Å². The molecule has 3 nitrogen and oxygen atoms in total. The monoisotopic (exact) mass is 300 g/mol. The Morgan fingerprint density at radius 2 is 1.95 bits per heavy atom. The van der Waals surface area contributed by atoms with Crippen molar-refractivity contribution >= 4 is 11.6 Å². The third-order valence-corrected chi connectivity index (χ3v) is 5.62. The fourth-order valence-corrected chi connectivity index (χ4v) is 4.10. The van der Waals surface area contributed by atoms with E-state index in [1.165, 1.54) is 43.2 Å². The molecule has 3 heteroatoms. The van der Waals surface area contributed by atoms with Crippen LogP contribution in [0.5, 0.6) is 0 Å². The lowest BCUT2D eigenvalue weighted by molar-refractivity contribution is -0.118. The molecule has 3 rings (SSSR count). The summed E-state index contributed by atoms with van der Waals surface area (Å²) < 4.78 is 0. The summed E-state index contributed by atoms with van der Waals surface area (Å²) in [4.78, 5) is 14.7. The average molecular weight is 300 g/mol. The van der Waals surface area contributed by atoms with Gasteiger partial charge in [-0.3, -0.25) is 9.69 Å². The Hall–Kier alpha value is -1.35. The minimum Gasteiger partial charge on any atom is -0.325 e. The van der Waals surface area contributed by atoms with Crippen molar-refractivity contribution in [1.82, 2.24) is 4.90 Å². The smallest absolute Gasteiger partial charge is 0.238 e. The third-order valence-electron chi connectivity index (χ3n) is 5.62. The Balaban J connectivity index is 1.54. The van der Waals surface area contributed by atoms with Gasteiger partial charge in [-0.15, -0.1) is 0 Å². The van der Waals surface area contributed by atoms with Crippen LogP contribution in [0, 0.1) is 25.7 Å². The lowest BCUT2D eigenvalue weighted by Gasteiger charge is -2.41. The second-order valence-corrected chi connectivity index (χ2v) is 7.12. The van der Waals surface area contributed by atoms with E-state index in [0.29, 0.717) is 6.54 Å². The lowest BCUT2D eigenvalue weighted by atomic mass is 9.75. The second kappa shape index (κ2) is 6.82. The molecule has 2 aliphatic rings. The van der Waals surface area contributed by atoms with E-state index in [-0.39, 0.29) is 5.91 Å². The molecule has 1 saturated carbocycles. The van der Waals surface area contributed by atoms with E-state index in [1.807, 2.05) is 12.1 Å². The van der Waals surface area contributed by atoms with E-state index < -0.39 is 0 Å². The van der Waals surface area contributed by atoms with Crippen molar-refractivity contribution in [1.29, 1.82) is 0 Å². The van der Waals surface area contributed by atoms with Gasteiger partial charge in [0.1, 0.15) is 0 Å². The highest BCUT2D eigenvalue weighted by Crippen LogP contribution is 2.35. The molecule has 22 heavy (non-hydrogen) atoms. The van der Waals surface area contributed by atoms with Crippen LogP contribution in [0.3, 0.4) is 0 Å². The zero-order chi connectivity index (χ0) is 15.5. The van der Waals surface area contributed by atoms with Crippen LogP contribution in [-0.4, -0.2) is 30.4 Å². The Kier molecular flexibility index (Phi) is 4.82. The van der Waals surface area contributed by atoms with Gasteiger partial charge in [0.05, 0.1) is 6.54 Å². The fourth-order valence-electron chi connectivity index (χ4n) is 4.10. The highest BCUT2D eigenvalue weighted by molar-refractivity contribution is 5.93. The van der Waals surface area contributed by atoms with Gasteiger partial charge in [0.25, 0.3) is 0 Å². The zero-order valence-electron chi connectivity index (χ0n) is 13.9. The Bertz CT molecular complexity index is 540. The summed E-state index contributed by atoms with van der Waals surface area (Å²) in [5, 5.41) is 3.09. The van der Waals surface area contributed by atoms with Crippen LogP contribution >= 0.6 is 0 Å². The predicted octanol–water partition coefficient (Wildman–Crippen LogP) is 3.75. The number of aryl methyl sites for hydroxylation is 1. The number of rotatable bonds is 3. The first-order valence-corrected chi connectivity index (χ1v) is 8.72. The van der Waals surface area contributed by atoms with Crippen LogP contribution in [0.4, 0.5) is 5.69 Å². The molecule has 0 radical (unpaired) electrons. The molecule has 2 atom stereocenters. The minimum atomic E-state index is 0.128. The molecule has 1 N–H and O–H groups in total. The summed E-state index contributed by atoms with van der Waals surface area (Å²) in [5.74, 6) is 1.88. The molecule has 1 aliphatic heterocycles. The largest absolute Gasteiger partial charge is 0.325 e. The summed E-state index contributed by atoms with van der Waals surface area (Å²) in [7, 11) is 0. The number of nitrogens with one attached hydrogen (secondary N) is 1. The summed E-state index contributed by atoms with van der Waals surface area (Å²) >= 11 is 0. The SMILES string of the molecule is Cc1cccc(NC(=O)CN2CC[C@H]3CCCC[C@@H]3C2)c1C. The van der Waals surface area contributed by atoms with Crippen molar-refractivity contribution < 1.29 is 4.79 Å². The maximum Gasteiger partial charge on any atom is 0.238 e. The molecule has 1 aromatic rings. The standard InChI is InChI=1S/C19H28N2O/c1-14-6-5-9-18(15(14)2)20-19(22)13-21-11-10-16-7-3-4-8-17(16)12-21/h5-6,9,16-17H,3-4,7-8,10-13H2,1-2H3,(H,20,22)/t16-,17-/m1/s1. The van der Waals surface area contributed by atoms with E-state index in [0.717, 1.165) is 30.6 Å². The van der Waals surface area contributed by atoms with Crippen LogP contribution in [-0.2, 0) is 4.79 Å². The Morgan fingerprint density at radius 3 is 2.77 bits per heavy atom. The number of likely N-dealkylation sites (tertiary alicyclic amines) is 1. The fraction of sp³-hybridized carbons (Fsp3) is 0.632. The van der Waals surface area contributed by atoms with Crippen LogP contribution in [0.25, 0.3) is 0 Å². The highest BCUT2D eigenvalue weighted by atomic mass is 16.2. The van der Waals surface area contributed by atoms with Gasteiger partial charge in [-0.05, 0) is 62.3 Å². The molecular weight excluding hydrogens is 272 g/mol. The van der Waals surface area contributed by atoms with E-state index in [1.54, 1.807) is 0 Å². The second-order valence-electron chi connectivity index (χ2n) is 7.12. The number of benzene rings is 1. The van der Waals surface area contributed by atoms with Crippen molar-refractivity contribution in [3.8, 4) is 0 Å². The van der Waals surface area contributed by atoms with Gasteiger partial charge in [-0.25, -0.2) is 0 Å². The van der Waals surface area contributed by atoms with Crippen molar-refractivity contribution in [2.24, 2.45) is 11.8 Å². The number of hydrogen-bond donors (Lipinski definition) is 1. The van der Waals surface area contributed by atoms with Gasteiger partial charge >= 0.3 is 0 Å². The van der Waals surface area contributed by atoms with Crippen LogP contribution in [0.2, 0.25) is 0 Å². The number of amides is 1. The average Bonchev–Trinajstić information content (AvgIpc) is 2.52. The summed E-state index contributed by atoms with van der Waals surface area (Å²) in [5.41, 5.74) is 3.35. The maximum atomic E-state index is 12.4. The van der Waals surface area contributed by atoms with E-state index in [2.05, 4.69) is 30.1 Å². The third kappa shape index (κ3) is 3.52. The first-order valence-electron chi connectivity index (χ1n) is 8.72. The van der Waals surface area contributed by atoms with Crippen LogP contribution in [0.1, 0.15) is 43.2 Å². The molecule has 1 amide bonds. The van der Waals surface area contributed by atoms with Gasteiger partial charge in [-0.1, -0.05) is 31.4 Å². The van der Waals surface area contributed by atoms with Crippen molar-refractivity contribution in [2.45, 2.75) is 46.0 Å². The molecule has 1 heterocycles. The highest BCUT2D eigenvalue weighted by Gasteiger charge is 2.31. The first kappa shape index (κ1) is 15.5. The number of nitrogens with zero attached hydrogens (tertiary/aromatic N) is 1. The lowest BCUT2D eigenvalue weighted by Crippen LogP contribution is -2.44. The number of carbonyl (C=O) groups is 1. The molecule has 0 unspecified atom stereocenters. The molecule has 1 aromatic carbocycles. The quantitative estimate of drug-likeness (QED) is 0.922. The topological polar surface area (TPSA) is 32.3 Å². The number of anilines is 1. The number of hydrogen-bond acceptors (Lipinski definition) is 2. The summed E-state index contributed by atoms with van der Waals surface area (Å²) in [6.07, 6.45) is 6.84. The van der Waals surface area contributed by atoms with Crippen molar-refractivity contribution in [2.75, 3.05) is 25.0 Å². The van der Waals surface area contributed by atoms with Crippen molar-refractivity contribution in [3.05, 3.63) is 29.3 Å². The molecule has 2 fully saturated rings. The Morgan fingerprint density at radius 1 is 1.18 bits per heavy atom. The van der Waals surface area contributed by atoms with Crippen molar-refractivity contribution in [3.63, 3.8) is 0 Å². The van der Waals surface area contributed by atoms with Gasteiger partial charge < -0.3 is 5.32 Å². The Labute approximate surface area is 134 Å². The molecule has 0 aromatic heterocycles. The van der Waals surface area contributed by atoms with Gasteiger partial charge in [0.2, 0.25) is 5.91 Å². The van der Waals surface area contributed by atoms with E-state index in [4.69, 9.17) is 0 Å². The van der Waals surface area contributed by atoms with E-state index >= 15 is 0 Å². The van der Waals surface area contributed by atoms with Crippen LogP contribution < -0.4 is 5.32 Å². The number of carbonyl (C=O) groups excluding carboxylic acids is 1. The number of fused-ring (bicyclic) bond motifs is 1. The summed E-state index contributed by atoms with van der Waals surface area (Å²) in [6, 6.07) is 6.08. The predicted molar refractivity (Wildman–Crippen MR) is 91.1 cm³/mol. The molecular formula is C19H28N2O. The molecule has 0 spiro atoms. The summed E-state index contributed by atoms with van der Waals surface area (Å²) in [6.45, 7) is 6.89. The molecule has 1 aliphatic carbocycles. The molecule has 120 valence electrons. The number of piperidine rings is 1. The van der Waals surface area contributed by atoms with E-state index in [9.17, 15) is 4.79 Å². The molecule has 0 bridgehead atoms. The van der Waals surface area contributed by atoms with Gasteiger partial charge in [0.15, 0.2) is 0 Å².